The molecule has 0 amide bonds. The largest absolute Gasteiger partial charge is 0.378 e. The predicted octanol–water partition coefficient (Wildman–Crippen LogP) is 2.58. The van der Waals surface area contributed by atoms with E-state index in [1.54, 1.807) is 4.52 Å². The van der Waals surface area contributed by atoms with Gasteiger partial charge in [-0.25, -0.2) is 4.98 Å². The van der Waals surface area contributed by atoms with Crippen molar-refractivity contribution in [2.75, 3.05) is 36.5 Å². The Bertz CT molecular complexity index is 867. The molecule has 3 heterocycles. The van der Waals surface area contributed by atoms with Crippen molar-refractivity contribution in [3.63, 3.8) is 0 Å². The Morgan fingerprint density at radius 2 is 1.88 bits per heavy atom. The van der Waals surface area contributed by atoms with Gasteiger partial charge in [0.25, 0.3) is 5.78 Å². The summed E-state index contributed by atoms with van der Waals surface area (Å²) < 4.78 is 7.18. The number of benzene rings is 1. The summed E-state index contributed by atoms with van der Waals surface area (Å²) in [6, 6.07) is 10.4. The molecular formula is C18H22N6O. The zero-order chi connectivity index (χ0) is 17.2. The molecule has 1 aromatic carbocycles. The highest BCUT2D eigenvalue weighted by Gasteiger charge is 2.12. The van der Waals surface area contributed by atoms with E-state index in [1.165, 1.54) is 5.69 Å². The minimum absolute atomic E-state index is 0.629. The fourth-order valence-electron chi connectivity index (χ4n) is 2.99. The Labute approximate surface area is 146 Å². The van der Waals surface area contributed by atoms with Gasteiger partial charge in [0.05, 0.1) is 13.2 Å². The van der Waals surface area contributed by atoms with E-state index in [0.29, 0.717) is 5.78 Å². The van der Waals surface area contributed by atoms with Gasteiger partial charge in [-0.2, -0.15) is 9.50 Å². The molecule has 0 saturated carbocycles. The van der Waals surface area contributed by atoms with E-state index in [2.05, 4.69) is 49.5 Å². The number of anilines is 3. The van der Waals surface area contributed by atoms with Crippen LogP contribution in [0, 0.1) is 6.92 Å². The molecule has 130 valence electrons. The number of rotatable bonds is 4. The van der Waals surface area contributed by atoms with Crippen molar-refractivity contribution < 1.29 is 4.74 Å². The Balaban J connectivity index is 1.59. The van der Waals surface area contributed by atoms with Crippen LogP contribution in [0.4, 0.5) is 17.2 Å². The van der Waals surface area contributed by atoms with Gasteiger partial charge in [0, 0.05) is 42.6 Å². The third-order valence-corrected chi connectivity index (χ3v) is 4.32. The van der Waals surface area contributed by atoms with Gasteiger partial charge in [-0.05, 0) is 31.2 Å². The van der Waals surface area contributed by atoms with Crippen LogP contribution in [0.15, 0.2) is 30.3 Å². The van der Waals surface area contributed by atoms with E-state index in [0.717, 1.165) is 55.7 Å². The van der Waals surface area contributed by atoms with Crippen molar-refractivity contribution in [3.05, 3.63) is 41.9 Å². The lowest BCUT2D eigenvalue weighted by Gasteiger charge is -2.28. The highest BCUT2D eigenvalue weighted by atomic mass is 16.5. The van der Waals surface area contributed by atoms with Crippen LogP contribution in [0.2, 0.25) is 0 Å². The summed E-state index contributed by atoms with van der Waals surface area (Å²) in [4.78, 5) is 11.2. The maximum atomic E-state index is 5.41. The first kappa shape index (κ1) is 15.8. The van der Waals surface area contributed by atoms with Crippen LogP contribution in [0.3, 0.4) is 0 Å². The molecule has 0 spiro atoms. The molecule has 1 aliphatic heterocycles. The smallest absolute Gasteiger partial charge is 0.254 e. The lowest BCUT2D eigenvalue weighted by Crippen LogP contribution is -2.36. The van der Waals surface area contributed by atoms with Crippen LogP contribution in [-0.2, 0) is 11.2 Å². The van der Waals surface area contributed by atoms with Gasteiger partial charge in [-0.15, -0.1) is 5.10 Å². The number of hydrogen-bond donors (Lipinski definition) is 1. The predicted molar refractivity (Wildman–Crippen MR) is 97.7 cm³/mol. The van der Waals surface area contributed by atoms with Crippen molar-refractivity contribution in [2.24, 2.45) is 0 Å². The molecule has 1 fully saturated rings. The molecule has 1 saturated heterocycles. The van der Waals surface area contributed by atoms with Crippen molar-refractivity contribution in [2.45, 2.75) is 20.3 Å². The van der Waals surface area contributed by atoms with E-state index in [9.17, 15) is 0 Å². The van der Waals surface area contributed by atoms with Crippen LogP contribution in [0.1, 0.15) is 18.4 Å². The number of aryl methyl sites for hydroxylation is 2. The fraction of sp³-hybridized carbons (Fsp3) is 0.389. The third kappa shape index (κ3) is 3.28. The Morgan fingerprint density at radius 3 is 2.60 bits per heavy atom. The van der Waals surface area contributed by atoms with Crippen molar-refractivity contribution in [1.29, 1.82) is 0 Å². The van der Waals surface area contributed by atoms with Gasteiger partial charge < -0.3 is 15.0 Å². The Kier molecular flexibility index (Phi) is 4.23. The average Bonchev–Trinajstić information content (AvgIpc) is 3.06. The van der Waals surface area contributed by atoms with Gasteiger partial charge in [0.15, 0.2) is 5.82 Å². The molecule has 0 aliphatic carbocycles. The zero-order valence-electron chi connectivity index (χ0n) is 14.6. The quantitative estimate of drug-likeness (QED) is 0.789. The third-order valence-electron chi connectivity index (χ3n) is 4.32. The number of hydrogen-bond acceptors (Lipinski definition) is 6. The molecule has 0 radical (unpaired) electrons. The highest BCUT2D eigenvalue weighted by molar-refractivity contribution is 5.62. The van der Waals surface area contributed by atoms with E-state index in [-0.39, 0.29) is 0 Å². The number of morpholine rings is 1. The summed E-state index contributed by atoms with van der Waals surface area (Å²) in [5.74, 6) is 2.29. The molecule has 4 rings (SSSR count). The van der Waals surface area contributed by atoms with Crippen molar-refractivity contribution in [1.82, 2.24) is 19.6 Å². The van der Waals surface area contributed by atoms with Gasteiger partial charge in [-0.3, -0.25) is 0 Å². The lowest BCUT2D eigenvalue weighted by molar-refractivity contribution is 0.122. The van der Waals surface area contributed by atoms with Crippen LogP contribution in [-0.4, -0.2) is 45.9 Å². The second-order valence-electron chi connectivity index (χ2n) is 6.15. The molecule has 0 atom stereocenters. The SMILES string of the molecule is CCc1nc2nc(C)cc(Nc3ccc(N4CCOCC4)cc3)n2n1. The minimum Gasteiger partial charge on any atom is -0.378 e. The van der Waals surface area contributed by atoms with Crippen LogP contribution in [0.5, 0.6) is 0 Å². The molecule has 7 heteroatoms. The summed E-state index contributed by atoms with van der Waals surface area (Å²) in [6.45, 7) is 7.47. The number of fused-ring (bicyclic) bond motifs is 1. The molecule has 2 aromatic heterocycles. The van der Waals surface area contributed by atoms with E-state index >= 15 is 0 Å². The lowest BCUT2D eigenvalue weighted by atomic mass is 10.2. The monoisotopic (exact) mass is 338 g/mol. The van der Waals surface area contributed by atoms with Gasteiger partial charge in [0.1, 0.15) is 5.82 Å². The molecule has 25 heavy (non-hydrogen) atoms. The number of ether oxygens (including phenoxy) is 1. The fourth-order valence-corrected chi connectivity index (χ4v) is 2.99. The first-order valence-electron chi connectivity index (χ1n) is 8.66. The number of aromatic nitrogens is 4. The summed E-state index contributed by atoms with van der Waals surface area (Å²) in [5.41, 5.74) is 3.14. The molecule has 3 aromatic rings. The molecule has 0 unspecified atom stereocenters. The summed E-state index contributed by atoms with van der Waals surface area (Å²) in [6.07, 6.45) is 0.788. The topological polar surface area (TPSA) is 67.6 Å². The second-order valence-corrected chi connectivity index (χ2v) is 6.15. The molecule has 0 bridgehead atoms. The molecule has 7 nitrogen and oxygen atoms in total. The van der Waals surface area contributed by atoms with Crippen molar-refractivity contribution in [3.8, 4) is 0 Å². The Morgan fingerprint density at radius 1 is 1.12 bits per heavy atom. The van der Waals surface area contributed by atoms with Crippen LogP contribution in [0.25, 0.3) is 5.78 Å². The number of nitrogens with zero attached hydrogens (tertiary/aromatic N) is 5. The van der Waals surface area contributed by atoms with E-state index < -0.39 is 0 Å². The maximum absolute atomic E-state index is 5.41. The van der Waals surface area contributed by atoms with Gasteiger partial charge in [0.2, 0.25) is 0 Å². The van der Waals surface area contributed by atoms with E-state index in [4.69, 9.17) is 4.74 Å². The maximum Gasteiger partial charge on any atom is 0.254 e. The standard InChI is InChI=1S/C18H22N6O/c1-3-16-21-18-19-13(2)12-17(24(18)22-16)20-14-4-6-15(7-5-14)23-8-10-25-11-9-23/h4-7,12,20H,3,8-11H2,1-2H3. The Hall–Kier alpha value is -2.67. The first-order chi connectivity index (χ1) is 12.2. The van der Waals surface area contributed by atoms with E-state index in [1.807, 2.05) is 19.9 Å². The highest BCUT2D eigenvalue weighted by Crippen LogP contribution is 2.22. The summed E-state index contributed by atoms with van der Waals surface area (Å²) >= 11 is 0. The molecule has 1 aliphatic rings. The van der Waals surface area contributed by atoms with Gasteiger partial charge >= 0.3 is 0 Å². The van der Waals surface area contributed by atoms with Crippen LogP contribution >= 0.6 is 0 Å². The van der Waals surface area contributed by atoms with Gasteiger partial charge in [-0.1, -0.05) is 6.92 Å². The molecular weight excluding hydrogens is 316 g/mol. The van der Waals surface area contributed by atoms with Crippen molar-refractivity contribution >= 4 is 23.0 Å². The number of nitrogens with one attached hydrogen (secondary N) is 1. The second kappa shape index (κ2) is 6.68. The summed E-state index contributed by atoms with van der Waals surface area (Å²) in [5, 5.41) is 7.95. The first-order valence-corrected chi connectivity index (χ1v) is 8.66. The minimum atomic E-state index is 0.629. The average molecular weight is 338 g/mol. The summed E-state index contributed by atoms with van der Waals surface area (Å²) in [7, 11) is 0. The normalized spacial score (nSPS) is 14.9. The van der Waals surface area contributed by atoms with Crippen LogP contribution < -0.4 is 10.2 Å². The zero-order valence-corrected chi connectivity index (χ0v) is 14.6. The molecule has 1 N–H and O–H groups in total.